The lowest BCUT2D eigenvalue weighted by molar-refractivity contribution is 0.0688. The number of hydrogen-bond donors (Lipinski definition) is 0. The molecule has 3 aromatic rings. The van der Waals surface area contributed by atoms with Crippen molar-refractivity contribution in [2.24, 2.45) is 5.92 Å². The third-order valence-corrected chi connectivity index (χ3v) is 5.95. The Balaban J connectivity index is 1.75. The summed E-state index contributed by atoms with van der Waals surface area (Å²) in [5.41, 5.74) is 2.20. The summed E-state index contributed by atoms with van der Waals surface area (Å²) < 4.78 is 1.72. The van der Waals surface area contributed by atoms with Crippen LogP contribution in [0.25, 0.3) is 16.3 Å². The third-order valence-electron chi connectivity index (χ3n) is 4.83. The molecule has 6 heteroatoms. The lowest BCUT2D eigenvalue weighted by atomic mass is 9.99. The predicted molar refractivity (Wildman–Crippen MR) is 106 cm³/mol. The van der Waals surface area contributed by atoms with Gasteiger partial charge in [0.1, 0.15) is 11.4 Å². The summed E-state index contributed by atoms with van der Waals surface area (Å²) >= 11 is 7.78. The largest absolute Gasteiger partial charge is 0.337 e. The molecule has 1 aliphatic rings. The number of thiophene rings is 1. The Labute approximate surface area is 162 Å². The minimum atomic E-state index is 0.0344. The van der Waals surface area contributed by atoms with Crippen molar-refractivity contribution in [3.8, 4) is 16.3 Å². The number of nitrogens with zero attached hydrogens (tertiary/aromatic N) is 3. The molecule has 1 amide bonds. The Morgan fingerprint density at radius 2 is 2.00 bits per heavy atom. The van der Waals surface area contributed by atoms with Crippen LogP contribution in [0.3, 0.4) is 0 Å². The zero-order valence-electron chi connectivity index (χ0n) is 14.6. The van der Waals surface area contributed by atoms with Gasteiger partial charge in [0.15, 0.2) is 0 Å². The maximum atomic E-state index is 13.2. The molecule has 0 saturated carbocycles. The minimum Gasteiger partial charge on any atom is -0.337 e. The monoisotopic (exact) mass is 385 g/mol. The summed E-state index contributed by atoms with van der Waals surface area (Å²) in [6, 6.07) is 13.4. The Morgan fingerprint density at radius 1 is 1.19 bits per heavy atom. The Morgan fingerprint density at radius 3 is 2.69 bits per heavy atom. The molecule has 0 bridgehead atoms. The zero-order chi connectivity index (χ0) is 18.1. The number of carbonyl (C=O) groups excluding carboxylic acids is 1. The van der Waals surface area contributed by atoms with E-state index in [9.17, 15) is 4.79 Å². The summed E-state index contributed by atoms with van der Waals surface area (Å²) in [6.45, 7) is 3.84. The standard InChI is InChI=1S/C20H20ClN3OS/c1-14-7-9-23(10-8-14)20(25)18-13-17(19-6-3-11-26-19)22-24(18)16-5-2-4-15(21)12-16/h2-6,11-14H,7-10H2,1H3. The van der Waals surface area contributed by atoms with Crippen LogP contribution in [0.2, 0.25) is 5.02 Å². The van der Waals surface area contributed by atoms with E-state index in [1.807, 2.05) is 52.7 Å². The first-order valence-electron chi connectivity index (χ1n) is 8.81. The minimum absolute atomic E-state index is 0.0344. The molecule has 134 valence electrons. The smallest absolute Gasteiger partial charge is 0.272 e. The van der Waals surface area contributed by atoms with Crippen LogP contribution in [0, 0.1) is 5.92 Å². The molecule has 1 fully saturated rings. The normalized spacial score (nSPS) is 15.4. The molecule has 26 heavy (non-hydrogen) atoms. The number of hydrogen-bond acceptors (Lipinski definition) is 3. The second-order valence-corrected chi connectivity index (χ2v) is 8.14. The van der Waals surface area contributed by atoms with Crippen molar-refractivity contribution in [2.45, 2.75) is 19.8 Å². The summed E-state index contributed by atoms with van der Waals surface area (Å²) in [7, 11) is 0. The lowest BCUT2D eigenvalue weighted by Crippen LogP contribution is -2.38. The van der Waals surface area contributed by atoms with E-state index in [-0.39, 0.29) is 5.91 Å². The van der Waals surface area contributed by atoms with E-state index in [4.69, 9.17) is 16.7 Å². The molecular formula is C20H20ClN3OS. The number of halogens is 1. The van der Waals surface area contributed by atoms with Crippen LogP contribution in [0.1, 0.15) is 30.3 Å². The van der Waals surface area contributed by atoms with Crippen molar-refractivity contribution in [1.82, 2.24) is 14.7 Å². The number of carbonyl (C=O) groups is 1. The fourth-order valence-electron chi connectivity index (χ4n) is 3.26. The number of likely N-dealkylation sites (tertiary alicyclic amines) is 1. The molecule has 1 saturated heterocycles. The summed E-state index contributed by atoms with van der Waals surface area (Å²) in [6.07, 6.45) is 2.10. The van der Waals surface area contributed by atoms with Crippen LogP contribution in [0.4, 0.5) is 0 Å². The van der Waals surface area contributed by atoms with Gasteiger partial charge in [-0.15, -0.1) is 11.3 Å². The second kappa shape index (κ2) is 7.25. The van der Waals surface area contributed by atoms with Crippen LogP contribution >= 0.6 is 22.9 Å². The van der Waals surface area contributed by atoms with Crippen molar-refractivity contribution in [1.29, 1.82) is 0 Å². The van der Waals surface area contributed by atoms with Gasteiger partial charge < -0.3 is 4.90 Å². The van der Waals surface area contributed by atoms with E-state index in [0.717, 1.165) is 42.2 Å². The van der Waals surface area contributed by atoms with Gasteiger partial charge in [0, 0.05) is 18.1 Å². The maximum Gasteiger partial charge on any atom is 0.272 e. The molecule has 0 atom stereocenters. The Hall–Kier alpha value is -2.11. The van der Waals surface area contributed by atoms with Crippen LogP contribution in [0.15, 0.2) is 47.8 Å². The van der Waals surface area contributed by atoms with Crippen molar-refractivity contribution < 1.29 is 4.79 Å². The van der Waals surface area contributed by atoms with Gasteiger partial charge in [-0.25, -0.2) is 4.68 Å². The topological polar surface area (TPSA) is 38.1 Å². The quantitative estimate of drug-likeness (QED) is 0.627. The van der Waals surface area contributed by atoms with Gasteiger partial charge in [0.05, 0.1) is 10.6 Å². The van der Waals surface area contributed by atoms with Gasteiger partial charge >= 0.3 is 0 Å². The molecule has 4 nitrogen and oxygen atoms in total. The van der Waals surface area contributed by atoms with Gasteiger partial charge in [-0.3, -0.25) is 4.79 Å². The van der Waals surface area contributed by atoms with Crippen molar-refractivity contribution in [2.75, 3.05) is 13.1 Å². The molecule has 0 radical (unpaired) electrons. The van der Waals surface area contributed by atoms with Gasteiger partial charge in [0.2, 0.25) is 0 Å². The van der Waals surface area contributed by atoms with E-state index >= 15 is 0 Å². The molecule has 2 aromatic heterocycles. The number of amides is 1. The van der Waals surface area contributed by atoms with Crippen LogP contribution in [0.5, 0.6) is 0 Å². The zero-order valence-corrected chi connectivity index (χ0v) is 16.1. The lowest BCUT2D eigenvalue weighted by Gasteiger charge is -2.30. The van der Waals surface area contributed by atoms with E-state index < -0.39 is 0 Å². The summed E-state index contributed by atoms with van der Waals surface area (Å²) in [4.78, 5) is 16.2. The molecule has 0 spiro atoms. The van der Waals surface area contributed by atoms with E-state index in [0.29, 0.717) is 16.6 Å². The summed E-state index contributed by atoms with van der Waals surface area (Å²) in [5, 5.41) is 7.36. The van der Waals surface area contributed by atoms with Gasteiger partial charge in [-0.2, -0.15) is 5.10 Å². The first-order chi connectivity index (χ1) is 12.6. The highest BCUT2D eigenvalue weighted by molar-refractivity contribution is 7.13. The average molecular weight is 386 g/mol. The Kier molecular flexibility index (Phi) is 4.83. The van der Waals surface area contributed by atoms with E-state index in [1.165, 1.54) is 0 Å². The highest BCUT2D eigenvalue weighted by atomic mass is 35.5. The van der Waals surface area contributed by atoms with Gasteiger partial charge in [-0.1, -0.05) is 30.7 Å². The second-order valence-electron chi connectivity index (χ2n) is 6.76. The van der Waals surface area contributed by atoms with E-state index in [1.54, 1.807) is 16.0 Å². The average Bonchev–Trinajstić information content (AvgIpc) is 3.31. The van der Waals surface area contributed by atoms with Crippen molar-refractivity contribution in [3.05, 3.63) is 58.6 Å². The molecule has 0 unspecified atom stereocenters. The molecule has 3 heterocycles. The number of benzene rings is 1. The molecular weight excluding hydrogens is 366 g/mol. The predicted octanol–water partition coefficient (Wildman–Crippen LogP) is 5.13. The first kappa shape index (κ1) is 17.3. The SMILES string of the molecule is CC1CCN(C(=O)c2cc(-c3cccs3)nn2-c2cccc(Cl)c2)CC1. The summed E-state index contributed by atoms with van der Waals surface area (Å²) in [5.74, 6) is 0.714. The maximum absolute atomic E-state index is 13.2. The van der Waals surface area contributed by atoms with Gasteiger partial charge in [0.25, 0.3) is 5.91 Å². The van der Waals surface area contributed by atoms with E-state index in [2.05, 4.69) is 6.92 Å². The van der Waals surface area contributed by atoms with Crippen LogP contribution in [-0.2, 0) is 0 Å². The van der Waals surface area contributed by atoms with Crippen LogP contribution in [-0.4, -0.2) is 33.7 Å². The third kappa shape index (κ3) is 3.41. The fraction of sp³-hybridized carbons (Fsp3) is 0.300. The highest BCUT2D eigenvalue weighted by Gasteiger charge is 2.26. The fourth-order valence-corrected chi connectivity index (χ4v) is 4.12. The molecule has 0 aliphatic carbocycles. The highest BCUT2D eigenvalue weighted by Crippen LogP contribution is 2.28. The molecule has 4 rings (SSSR count). The molecule has 1 aromatic carbocycles. The number of rotatable bonds is 3. The Bertz CT molecular complexity index is 911. The van der Waals surface area contributed by atoms with Gasteiger partial charge in [-0.05, 0) is 54.5 Å². The number of piperidine rings is 1. The van der Waals surface area contributed by atoms with Crippen LogP contribution < -0.4 is 0 Å². The molecule has 1 aliphatic heterocycles. The molecule has 0 N–H and O–H groups in total. The number of aromatic nitrogens is 2. The van der Waals surface area contributed by atoms with Crippen molar-refractivity contribution >= 4 is 28.8 Å². The van der Waals surface area contributed by atoms with Crippen molar-refractivity contribution in [3.63, 3.8) is 0 Å². The first-order valence-corrected chi connectivity index (χ1v) is 10.1.